The highest BCUT2D eigenvalue weighted by molar-refractivity contribution is 5.15. The minimum Gasteiger partial charge on any atom is -0.317 e. The standard InChI is InChI=1S/C16H20N2/c1-17-15(13-16-9-5-6-12-18-16)11-10-14-7-3-2-4-8-14/h2-9,12,15,17H,10-11,13H2,1H3. The van der Waals surface area contributed by atoms with E-state index in [1.807, 2.05) is 25.4 Å². The number of likely N-dealkylation sites (N-methyl/N-ethyl adjacent to an activating group) is 1. The highest BCUT2D eigenvalue weighted by atomic mass is 14.9. The van der Waals surface area contributed by atoms with Crippen LogP contribution in [0.5, 0.6) is 0 Å². The van der Waals surface area contributed by atoms with Gasteiger partial charge in [0, 0.05) is 24.4 Å². The number of hydrogen-bond acceptors (Lipinski definition) is 2. The molecule has 0 aliphatic rings. The van der Waals surface area contributed by atoms with Gasteiger partial charge in [0.05, 0.1) is 0 Å². The monoisotopic (exact) mass is 240 g/mol. The molecule has 1 aromatic carbocycles. The molecule has 0 saturated heterocycles. The quantitative estimate of drug-likeness (QED) is 0.840. The van der Waals surface area contributed by atoms with Crippen LogP contribution in [-0.2, 0) is 12.8 Å². The molecule has 1 N–H and O–H groups in total. The molecule has 94 valence electrons. The highest BCUT2D eigenvalue weighted by Crippen LogP contribution is 2.08. The lowest BCUT2D eigenvalue weighted by Gasteiger charge is -2.15. The molecule has 2 rings (SSSR count). The first-order valence-electron chi connectivity index (χ1n) is 6.49. The van der Waals surface area contributed by atoms with Crippen molar-refractivity contribution in [2.75, 3.05) is 7.05 Å². The maximum absolute atomic E-state index is 4.38. The Morgan fingerprint density at radius 2 is 1.83 bits per heavy atom. The molecule has 0 aliphatic carbocycles. The zero-order chi connectivity index (χ0) is 12.6. The first kappa shape index (κ1) is 12.8. The van der Waals surface area contributed by atoms with Gasteiger partial charge in [-0.1, -0.05) is 36.4 Å². The fraction of sp³-hybridized carbons (Fsp3) is 0.312. The third-order valence-corrected chi connectivity index (χ3v) is 3.21. The predicted molar refractivity (Wildman–Crippen MR) is 75.6 cm³/mol. The van der Waals surface area contributed by atoms with Gasteiger partial charge in [0.15, 0.2) is 0 Å². The Labute approximate surface area is 109 Å². The largest absolute Gasteiger partial charge is 0.317 e. The highest BCUT2D eigenvalue weighted by Gasteiger charge is 2.07. The molecule has 1 unspecified atom stereocenters. The van der Waals surface area contributed by atoms with Crippen LogP contribution < -0.4 is 5.32 Å². The normalized spacial score (nSPS) is 12.3. The second-order valence-electron chi connectivity index (χ2n) is 4.54. The van der Waals surface area contributed by atoms with Gasteiger partial charge in [-0.25, -0.2) is 0 Å². The number of rotatable bonds is 6. The molecule has 0 amide bonds. The van der Waals surface area contributed by atoms with Crippen molar-refractivity contribution in [1.82, 2.24) is 10.3 Å². The van der Waals surface area contributed by atoms with Crippen LogP contribution >= 0.6 is 0 Å². The average Bonchev–Trinajstić information content (AvgIpc) is 2.45. The number of benzene rings is 1. The SMILES string of the molecule is CNC(CCc1ccccc1)Cc1ccccn1. The Bertz CT molecular complexity index is 439. The molecule has 0 radical (unpaired) electrons. The van der Waals surface area contributed by atoms with E-state index in [0.29, 0.717) is 6.04 Å². The molecule has 0 saturated carbocycles. The van der Waals surface area contributed by atoms with Gasteiger partial charge in [0.2, 0.25) is 0 Å². The third kappa shape index (κ3) is 3.97. The molecule has 2 nitrogen and oxygen atoms in total. The van der Waals surface area contributed by atoms with Crippen molar-refractivity contribution < 1.29 is 0 Å². The van der Waals surface area contributed by atoms with Crippen molar-refractivity contribution in [3.8, 4) is 0 Å². The maximum Gasteiger partial charge on any atom is 0.0419 e. The molecule has 18 heavy (non-hydrogen) atoms. The molecule has 2 heteroatoms. The van der Waals surface area contributed by atoms with Gasteiger partial charge in [-0.15, -0.1) is 0 Å². The Hall–Kier alpha value is -1.67. The molecule has 1 atom stereocenters. The van der Waals surface area contributed by atoms with Gasteiger partial charge >= 0.3 is 0 Å². The van der Waals surface area contributed by atoms with Crippen molar-refractivity contribution in [3.63, 3.8) is 0 Å². The van der Waals surface area contributed by atoms with Crippen molar-refractivity contribution in [2.24, 2.45) is 0 Å². The fourth-order valence-corrected chi connectivity index (χ4v) is 2.11. The molecular formula is C16H20N2. The van der Waals surface area contributed by atoms with Crippen molar-refractivity contribution in [2.45, 2.75) is 25.3 Å². The van der Waals surface area contributed by atoms with Crippen molar-refractivity contribution >= 4 is 0 Å². The smallest absolute Gasteiger partial charge is 0.0419 e. The van der Waals surface area contributed by atoms with Gasteiger partial charge in [0.25, 0.3) is 0 Å². The van der Waals surface area contributed by atoms with Crippen LogP contribution in [0.1, 0.15) is 17.7 Å². The first-order valence-corrected chi connectivity index (χ1v) is 6.49. The summed E-state index contributed by atoms with van der Waals surface area (Å²) < 4.78 is 0. The molecule has 0 bridgehead atoms. The minimum atomic E-state index is 0.486. The van der Waals surface area contributed by atoms with E-state index >= 15 is 0 Å². The third-order valence-electron chi connectivity index (χ3n) is 3.21. The van der Waals surface area contributed by atoms with Crippen molar-refractivity contribution in [3.05, 3.63) is 66.0 Å². The second kappa shape index (κ2) is 6.92. The Morgan fingerprint density at radius 3 is 2.50 bits per heavy atom. The summed E-state index contributed by atoms with van der Waals surface area (Å²) >= 11 is 0. The first-order chi connectivity index (χ1) is 8.88. The molecule has 0 aliphatic heterocycles. The Kier molecular flexibility index (Phi) is 4.91. The van der Waals surface area contributed by atoms with E-state index in [1.165, 1.54) is 5.56 Å². The van der Waals surface area contributed by atoms with Gasteiger partial charge in [-0.05, 0) is 37.6 Å². The van der Waals surface area contributed by atoms with Crippen LogP contribution in [0.15, 0.2) is 54.7 Å². The number of pyridine rings is 1. The van der Waals surface area contributed by atoms with Crippen LogP contribution in [0.3, 0.4) is 0 Å². The average molecular weight is 240 g/mol. The van der Waals surface area contributed by atoms with Crippen LogP contribution in [-0.4, -0.2) is 18.1 Å². The lowest BCUT2D eigenvalue weighted by atomic mass is 10.0. The summed E-state index contributed by atoms with van der Waals surface area (Å²) in [5.74, 6) is 0. The van der Waals surface area contributed by atoms with Crippen LogP contribution in [0.2, 0.25) is 0 Å². The molecule has 1 aromatic heterocycles. The lowest BCUT2D eigenvalue weighted by Crippen LogP contribution is -2.28. The summed E-state index contributed by atoms with van der Waals surface area (Å²) in [6, 6.07) is 17.2. The number of hydrogen-bond donors (Lipinski definition) is 1. The van der Waals surface area contributed by atoms with Gasteiger partial charge in [-0.3, -0.25) is 4.98 Å². The van der Waals surface area contributed by atoms with Gasteiger partial charge in [-0.2, -0.15) is 0 Å². The van der Waals surface area contributed by atoms with Crippen LogP contribution in [0.25, 0.3) is 0 Å². The zero-order valence-corrected chi connectivity index (χ0v) is 10.8. The van der Waals surface area contributed by atoms with Crippen LogP contribution in [0.4, 0.5) is 0 Å². The van der Waals surface area contributed by atoms with E-state index in [1.54, 1.807) is 0 Å². The molecule has 1 heterocycles. The molecular weight excluding hydrogens is 220 g/mol. The van der Waals surface area contributed by atoms with Gasteiger partial charge in [0.1, 0.15) is 0 Å². The second-order valence-corrected chi connectivity index (χ2v) is 4.54. The zero-order valence-electron chi connectivity index (χ0n) is 10.8. The van der Waals surface area contributed by atoms with E-state index in [9.17, 15) is 0 Å². The fourth-order valence-electron chi connectivity index (χ4n) is 2.11. The summed E-state index contributed by atoms with van der Waals surface area (Å²) in [7, 11) is 2.03. The number of nitrogens with zero attached hydrogens (tertiary/aromatic N) is 1. The van der Waals surface area contributed by atoms with E-state index < -0.39 is 0 Å². The number of nitrogens with one attached hydrogen (secondary N) is 1. The molecule has 0 fully saturated rings. The predicted octanol–water partition coefficient (Wildman–Crippen LogP) is 2.84. The van der Waals surface area contributed by atoms with E-state index in [-0.39, 0.29) is 0 Å². The van der Waals surface area contributed by atoms with Crippen LogP contribution in [0, 0.1) is 0 Å². The van der Waals surface area contributed by atoms with E-state index in [4.69, 9.17) is 0 Å². The number of aromatic nitrogens is 1. The van der Waals surface area contributed by atoms with E-state index in [0.717, 1.165) is 25.0 Å². The Balaban J connectivity index is 1.86. The van der Waals surface area contributed by atoms with E-state index in [2.05, 4.69) is 46.7 Å². The summed E-state index contributed by atoms with van der Waals surface area (Å²) in [6.45, 7) is 0. The topological polar surface area (TPSA) is 24.9 Å². The Morgan fingerprint density at radius 1 is 1.06 bits per heavy atom. The van der Waals surface area contributed by atoms with Gasteiger partial charge < -0.3 is 5.32 Å². The molecule has 0 spiro atoms. The van der Waals surface area contributed by atoms with Crippen molar-refractivity contribution in [1.29, 1.82) is 0 Å². The number of aryl methyl sites for hydroxylation is 1. The minimum absolute atomic E-state index is 0.486. The summed E-state index contributed by atoms with van der Waals surface area (Å²) in [6.07, 6.45) is 5.10. The maximum atomic E-state index is 4.38. The molecule has 2 aromatic rings. The lowest BCUT2D eigenvalue weighted by molar-refractivity contribution is 0.515. The summed E-state index contributed by atoms with van der Waals surface area (Å²) in [4.78, 5) is 4.38. The summed E-state index contributed by atoms with van der Waals surface area (Å²) in [5.41, 5.74) is 2.56. The summed E-state index contributed by atoms with van der Waals surface area (Å²) in [5, 5.41) is 3.38.